The summed E-state index contributed by atoms with van der Waals surface area (Å²) in [6, 6.07) is 20.0. The lowest BCUT2D eigenvalue weighted by Gasteiger charge is -2.16. The van der Waals surface area contributed by atoms with Crippen molar-refractivity contribution in [2.45, 2.75) is 20.8 Å². The van der Waals surface area contributed by atoms with Crippen LogP contribution in [-0.4, -0.2) is 32.4 Å². The number of rotatable bonds is 5. The molecule has 0 saturated carbocycles. The Kier molecular flexibility index (Phi) is 6.24. The number of aliphatic imine (C=N–C) groups is 1. The summed E-state index contributed by atoms with van der Waals surface area (Å²) < 4.78 is 9.92. The summed E-state index contributed by atoms with van der Waals surface area (Å²) in [7, 11) is 3.32. The van der Waals surface area contributed by atoms with Crippen LogP contribution in [0.1, 0.15) is 22.4 Å². The number of fused-ring (bicyclic) bond motifs is 1. The minimum atomic E-state index is -0.386. The lowest BCUT2D eigenvalue weighted by atomic mass is 10.1. The molecule has 1 N–H and O–H groups in total. The average molecular weight is 509 g/mol. The van der Waals surface area contributed by atoms with Crippen LogP contribution in [0.5, 0.6) is 11.6 Å². The number of methoxy groups -OCH3 is 1. The van der Waals surface area contributed by atoms with Crippen LogP contribution in [0.25, 0.3) is 22.1 Å². The quantitative estimate of drug-likeness (QED) is 0.343. The van der Waals surface area contributed by atoms with E-state index in [9.17, 15) is 14.7 Å². The molecular weight excluding hydrogens is 480 g/mol. The molecule has 192 valence electrons. The standard InChI is InChI=1S/C30H28N4O4/c1-18-11-14-26(19(2)15-18)33-28(35)24-16-22(38-5)12-13-23(24)25(29(33)36)17-31-27-20(3)32(4)34(30(27)37)21-9-7-6-8-10-21/h6-17,36H,1-5H3. The summed E-state index contributed by atoms with van der Waals surface area (Å²) in [6.45, 7) is 5.66. The second kappa shape index (κ2) is 9.55. The average Bonchev–Trinajstić information content (AvgIpc) is 3.12. The van der Waals surface area contributed by atoms with Gasteiger partial charge in [-0.15, -0.1) is 0 Å². The zero-order valence-corrected chi connectivity index (χ0v) is 21.9. The largest absolute Gasteiger partial charge is 0.497 e. The molecule has 3 aromatic carbocycles. The number of hydrogen-bond donors (Lipinski definition) is 1. The number of aryl methyl sites for hydroxylation is 2. The Morgan fingerprint density at radius 2 is 1.63 bits per heavy atom. The number of ether oxygens (including phenoxy) is 1. The first kappa shape index (κ1) is 24.8. The summed E-state index contributed by atoms with van der Waals surface area (Å²) in [5.74, 6) is 0.250. The molecular formula is C30H28N4O4. The van der Waals surface area contributed by atoms with Crippen molar-refractivity contribution in [3.05, 3.63) is 110 Å². The Morgan fingerprint density at radius 1 is 0.895 bits per heavy atom. The van der Waals surface area contributed by atoms with E-state index >= 15 is 0 Å². The Hall–Kier alpha value is -4.85. The van der Waals surface area contributed by atoms with E-state index in [2.05, 4.69) is 4.99 Å². The molecule has 0 amide bonds. The van der Waals surface area contributed by atoms with E-state index in [0.717, 1.165) is 11.1 Å². The van der Waals surface area contributed by atoms with Gasteiger partial charge < -0.3 is 9.84 Å². The maximum absolute atomic E-state index is 13.6. The van der Waals surface area contributed by atoms with Crippen LogP contribution in [-0.2, 0) is 7.05 Å². The SMILES string of the molecule is COc1ccc2c(C=Nc3c(C)n(C)n(-c4ccccc4)c3=O)c(O)n(-c3ccc(C)cc3C)c(=O)c2c1. The highest BCUT2D eigenvalue weighted by Crippen LogP contribution is 2.30. The molecule has 38 heavy (non-hydrogen) atoms. The zero-order chi connectivity index (χ0) is 27.1. The van der Waals surface area contributed by atoms with E-state index in [-0.39, 0.29) is 22.7 Å². The molecule has 5 rings (SSSR count). The molecule has 0 atom stereocenters. The predicted octanol–water partition coefficient (Wildman–Crippen LogP) is 4.87. The number of aromatic hydroxyl groups is 1. The van der Waals surface area contributed by atoms with Crippen molar-refractivity contribution in [2.24, 2.45) is 12.0 Å². The van der Waals surface area contributed by atoms with Gasteiger partial charge in [0, 0.05) is 18.6 Å². The van der Waals surface area contributed by atoms with Crippen LogP contribution >= 0.6 is 0 Å². The highest BCUT2D eigenvalue weighted by molar-refractivity contribution is 6.03. The van der Waals surface area contributed by atoms with E-state index in [4.69, 9.17) is 4.74 Å². The van der Waals surface area contributed by atoms with E-state index in [0.29, 0.717) is 39.2 Å². The molecule has 8 heteroatoms. The van der Waals surface area contributed by atoms with Crippen molar-refractivity contribution in [3.63, 3.8) is 0 Å². The van der Waals surface area contributed by atoms with Crippen molar-refractivity contribution >= 4 is 22.7 Å². The lowest BCUT2D eigenvalue weighted by Crippen LogP contribution is -2.21. The molecule has 0 unspecified atom stereocenters. The van der Waals surface area contributed by atoms with Gasteiger partial charge in [-0.2, -0.15) is 0 Å². The van der Waals surface area contributed by atoms with Crippen LogP contribution in [0.15, 0.2) is 81.3 Å². The molecule has 0 spiro atoms. The minimum Gasteiger partial charge on any atom is -0.497 e. The van der Waals surface area contributed by atoms with Gasteiger partial charge in [-0.05, 0) is 62.7 Å². The van der Waals surface area contributed by atoms with Gasteiger partial charge in [0.2, 0.25) is 5.88 Å². The first-order chi connectivity index (χ1) is 18.2. The third kappa shape index (κ3) is 4.00. The monoisotopic (exact) mass is 508 g/mol. The fraction of sp³-hybridized carbons (Fsp3) is 0.167. The summed E-state index contributed by atoms with van der Waals surface area (Å²) in [5.41, 5.74) is 3.67. The first-order valence-corrected chi connectivity index (χ1v) is 12.1. The molecule has 0 bridgehead atoms. The van der Waals surface area contributed by atoms with E-state index in [1.54, 1.807) is 40.7 Å². The fourth-order valence-electron chi connectivity index (χ4n) is 4.76. The van der Waals surface area contributed by atoms with E-state index in [1.807, 2.05) is 63.2 Å². The predicted molar refractivity (Wildman–Crippen MR) is 150 cm³/mol. The second-order valence-electron chi connectivity index (χ2n) is 9.25. The topological polar surface area (TPSA) is 90.8 Å². The van der Waals surface area contributed by atoms with Crippen molar-refractivity contribution in [2.75, 3.05) is 7.11 Å². The number of benzene rings is 3. The van der Waals surface area contributed by atoms with Gasteiger partial charge in [0.1, 0.15) is 5.75 Å². The number of pyridine rings is 1. The third-order valence-corrected chi connectivity index (χ3v) is 6.84. The van der Waals surface area contributed by atoms with E-state index < -0.39 is 0 Å². The van der Waals surface area contributed by atoms with Gasteiger partial charge in [-0.25, -0.2) is 14.2 Å². The number of hydrogen-bond acceptors (Lipinski definition) is 5. The smallest absolute Gasteiger partial charge is 0.297 e. The second-order valence-corrected chi connectivity index (χ2v) is 9.25. The Bertz CT molecular complexity index is 1840. The zero-order valence-electron chi connectivity index (χ0n) is 21.9. The van der Waals surface area contributed by atoms with Crippen LogP contribution < -0.4 is 15.9 Å². The summed E-state index contributed by atoms with van der Waals surface area (Å²) in [4.78, 5) is 31.6. The maximum Gasteiger partial charge on any atom is 0.297 e. The van der Waals surface area contributed by atoms with Crippen LogP contribution in [0.3, 0.4) is 0 Å². The normalized spacial score (nSPS) is 11.5. The van der Waals surface area contributed by atoms with Gasteiger partial charge in [-0.3, -0.25) is 14.3 Å². The Morgan fingerprint density at radius 3 is 2.32 bits per heavy atom. The van der Waals surface area contributed by atoms with Crippen LogP contribution in [0.4, 0.5) is 5.69 Å². The number of para-hydroxylation sites is 1. The molecule has 2 aromatic heterocycles. The van der Waals surface area contributed by atoms with Crippen LogP contribution in [0, 0.1) is 20.8 Å². The van der Waals surface area contributed by atoms with Crippen molar-refractivity contribution in [1.82, 2.24) is 13.9 Å². The minimum absolute atomic E-state index is 0.238. The number of aromatic nitrogens is 3. The van der Waals surface area contributed by atoms with Gasteiger partial charge in [0.25, 0.3) is 11.1 Å². The number of nitrogens with zero attached hydrogens (tertiary/aromatic N) is 4. The third-order valence-electron chi connectivity index (χ3n) is 6.84. The molecule has 5 aromatic rings. The van der Waals surface area contributed by atoms with Crippen molar-refractivity contribution in [3.8, 4) is 23.0 Å². The molecule has 2 heterocycles. The molecule has 0 radical (unpaired) electrons. The first-order valence-electron chi connectivity index (χ1n) is 12.1. The van der Waals surface area contributed by atoms with Gasteiger partial charge in [-0.1, -0.05) is 35.9 Å². The molecule has 0 fully saturated rings. The van der Waals surface area contributed by atoms with Gasteiger partial charge >= 0.3 is 0 Å². The summed E-state index contributed by atoms with van der Waals surface area (Å²) in [6.07, 6.45) is 1.45. The summed E-state index contributed by atoms with van der Waals surface area (Å²) in [5, 5.41) is 12.3. The maximum atomic E-state index is 13.6. The van der Waals surface area contributed by atoms with Gasteiger partial charge in [0.15, 0.2) is 5.69 Å². The van der Waals surface area contributed by atoms with E-state index in [1.165, 1.54) is 17.9 Å². The Balaban J connectivity index is 1.77. The highest BCUT2D eigenvalue weighted by Gasteiger charge is 2.20. The Labute approximate surface area is 219 Å². The lowest BCUT2D eigenvalue weighted by molar-refractivity contribution is 0.415. The fourth-order valence-corrected chi connectivity index (χ4v) is 4.76. The molecule has 0 aliphatic heterocycles. The molecule has 0 saturated heterocycles. The van der Waals surface area contributed by atoms with Crippen molar-refractivity contribution < 1.29 is 9.84 Å². The molecule has 0 aliphatic rings. The molecule has 0 aliphatic carbocycles. The highest BCUT2D eigenvalue weighted by atomic mass is 16.5. The molecule has 8 nitrogen and oxygen atoms in total. The van der Waals surface area contributed by atoms with Crippen molar-refractivity contribution in [1.29, 1.82) is 0 Å². The van der Waals surface area contributed by atoms with Gasteiger partial charge in [0.05, 0.1) is 35.1 Å². The summed E-state index contributed by atoms with van der Waals surface area (Å²) >= 11 is 0. The van der Waals surface area contributed by atoms with Crippen LogP contribution in [0.2, 0.25) is 0 Å².